The van der Waals surface area contributed by atoms with Gasteiger partial charge in [0.2, 0.25) is 0 Å². The molecule has 0 saturated heterocycles. The molecule has 0 saturated carbocycles. The summed E-state index contributed by atoms with van der Waals surface area (Å²) in [5.41, 5.74) is 6.02. The van der Waals surface area contributed by atoms with Crippen molar-refractivity contribution in [3.05, 3.63) is 76.4 Å². The van der Waals surface area contributed by atoms with Gasteiger partial charge >= 0.3 is 5.97 Å². The molecule has 2 heteroatoms. The van der Waals surface area contributed by atoms with Crippen molar-refractivity contribution in [3.8, 4) is 23.7 Å². The summed E-state index contributed by atoms with van der Waals surface area (Å²) in [4.78, 5) is 11.8. The zero-order valence-electron chi connectivity index (χ0n) is 18.3. The Morgan fingerprint density at radius 2 is 1.80 bits per heavy atom. The molecule has 0 spiro atoms. The average Bonchev–Trinajstić information content (AvgIpc) is 2.74. The highest BCUT2D eigenvalue weighted by Gasteiger charge is 2.29. The lowest BCUT2D eigenvalue weighted by molar-refractivity contribution is 0.0526. The maximum Gasteiger partial charge on any atom is 0.338 e. The maximum absolute atomic E-state index is 11.8. The highest BCUT2D eigenvalue weighted by Crippen LogP contribution is 2.40. The van der Waals surface area contributed by atoms with E-state index < -0.39 is 0 Å². The van der Waals surface area contributed by atoms with Gasteiger partial charge in [0.15, 0.2) is 0 Å². The second-order valence-electron chi connectivity index (χ2n) is 8.03. The van der Waals surface area contributed by atoms with Gasteiger partial charge in [-0.3, -0.25) is 0 Å². The van der Waals surface area contributed by atoms with Crippen molar-refractivity contribution >= 4 is 11.5 Å². The highest BCUT2D eigenvalue weighted by molar-refractivity contribution is 5.89. The van der Waals surface area contributed by atoms with Crippen LogP contribution in [0.15, 0.2) is 48.5 Å². The Morgan fingerprint density at radius 3 is 2.50 bits per heavy atom. The van der Waals surface area contributed by atoms with Gasteiger partial charge in [0.25, 0.3) is 0 Å². The van der Waals surface area contributed by atoms with Crippen LogP contribution in [-0.2, 0) is 10.2 Å². The number of carbonyl (C=O) groups excluding carboxylic acids is 1. The summed E-state index contributed by atoms with van der Waals surface area (Å²) in [5.74, 6) is 13.0. The van der Waals surface area contributed by atoms with E-state index in [1.165, 1.54) is 11.1 Å². The number of carbonyl (C=O) groups is 1. The summed E-state index contributed by atoms with van der Waals surface area (Å²) in [5, 5.41) is 0. The van der Waals surface area contributed by atoms with E-state index in [0.717, 1.165) is 36.0 Å². The van der Waals surface area contributed by atoms with E-state index in [9.17, 15) is 4.79 Å². The number of hydrogen-bond donors (Lipinski definition) is 0. The number of unbranched alkanes of at least 4 members (excludes halogenated alkanes) is 1. The minimum atomic E-state index is -0.306. The molecule has 0 aromatic heterocycles. The molecule has 0 amide bonds. The summed E-state index contributed by atoms with van der Waals surface area (Å²) in [7, 11) is 0. The highest BCUT2D eigenvalue weighted by atomic mass is 16.5. The Bertz CT molecular complexity index is 1080. The molecule has 0 aliphatic heterocycles. The quantitative estimate of drug-likeness (QED) is 0.461. The first-order chi connectivity index (χ1) is 14.5. The smallest absolute Gasteiger partial charge is 0.338 e. The van der Waals surface area contributed by atoms with Gasteiger partial charge in [-0.15, -0.1) is 0 Å². The minimum Gasteiger partial charge on any atom is -0.462 e. The third-order valence-corrected chi connectivity index (χ3v) is 5.18. The van der Waals surface area contributed by atoms with Crippen molar-refractivity contribution in [3.63, 3.8) is 0 Å². The SMILES string of the molecule is CCCC#CC1=CCC(C)(C)c2c(C#Cc3ccc(C(=O)OCC)cc3)cccc21. The molecule has 0 N–H and O–H groups in total. The lowest BCUT2D eigenvalue weighted by atomic mass is 9.71. The molecule has 0 fully saturated rings. The van der Waals surface area contributed by atoms with Crippen molar-refractivity contribution in [2.45, 2.75) is 52.4 Å². The number of benzene rings is 2. The topological polar surface area (TPSA) is 26.3 Å². The largest absolute Gasteiger partial charge is 0.462 e. The Balaban J connectivity index is 1.95. The number of esters is 1. The minimum absolute atomic E-state index is 0.00428. The number of allylic oxidation sites excluding steroid dienone is 2. The summed E-state index contributed by atoms with van der Waals surface area (Å²) < 4.78 is 5.04. The first-order valence-corrected chi connectivity index (χ1v) is 10.6. The molecule has 2 aromatic carbocycles. The Kier molecular flexibility index (Phi) is 6.81. The summed E-state index contributed by atoms with van der Waals surface area (Å²) in [6.45, 7) is 8.84. The number of ether oxygens (including phenoxy) is 1. The van der Waals surface area contributed by atoms with Gasteiger partial charge in [-0.2, -0.15) is 0 Å². The van der Waals surface area contributed by atoms with Crippen LogP contribution in [0.3, 0.4) is 0 Å². The maximum atomic E-state index is 11.8. The third-order valence-electron chi connectivity index (χ3n) is 5.18. The van der Waals surface area contributed by atoms with Gasteiger partial charge in [0.1, 0.15) is 0 Å². The lowest BCUT2D eigenvalue weighted by Crippen LogP contribution is -2.23. The summed E-state index contributed by atoms with van der Waals surface area (Å²) >= 11 is 0. The van der Waals surface area contributed by atoms with Crippen LogP contribution >= 0.6 is 0 Å². The van der Waals surface area contributed by atoms with Crippen LogP contribution in [0.5, 0.6) is 0 Å². The Hall–Kier alpha value is -3.23. The normalized spacial score (nSPS) is 13.7. The molecular weight excluding hydrogens is 368 g/mol. The van der Waals surface area contributed by atoms with Crippen molar-refractivity contribution in [1.82, 2.24) is 0 Å². The molecule has 0 heterocycles. The van der Waals surface area contributed by atoms with Crippen LogP contribution in [0, 0.1) is 23.7 Å². The van der Waals surface area contributed by atoms with E-state index in [4.69, 9.17) is 4.74 Å². The summed E-state index contributed by atoms with van der Waals surface area (Å²) in [6, 6.07) is 13.5. The second kappa shape index (κ2) is 9.51. The van der Waals surface area contributed by atoms with Crippen LogP contribution < -0.4 is 0 Å². The number of rotatable bonds is 3. The van der Waals surface area contributed by atoms with Gasteiger partial charge < -0.3 is 4.74 Å². The predicted molar refractivity (Wildman–Crippen MR) is 123 cm³/mol. The molecule has 3 rings (SSSR count). The molecule has 152 valence electrons. The molecule has 0 unspecified atom stereocenters. The van der Waals surface area contributed by atoms with Gasteiger partial charge in [-0.1, -0.05) is 62.7 Å². The van der Waals surface area contributed by atoms with E-state index in [1.54, 1.807) is 19.1 Å². The Morgan fingerprint density at radius 1 is 1.03 bits per heavy atom. The van der Waals surface area contributed by atoms with Gasteiger partial charge in [0.05, 0.1) is 12.2 Å². The van der Waals surface area contributed by atoms with Crippen LogP contribution in [-0.4, -0.2) is 12.6 Å². The van der Waals surface area contributed by atoms with Gasteiger partial charge in [-0.25, -0.2) is 4.79 Å². The van der Waals surface area contributed by atoms with E-state index >= 15 is 0 Å². The molecule has 1 aliphatic carbocycles. The zero-order valence-corrected chi connectivity index (χ0v) is 18.3. The van der Waals surface area contributed by atoms with Crippen LogP contribution in [0.2, 0.25) is 0 Å². The Labute approximate surface area is 180 Å². The molecule has 0 atom stereocenters. The van der Waals surface area contributed by atoms with Crippen LogP contribution in [0.4, 0.5) is 0 Å². The van der Waals surface area contributed by atoms with Gasteiger partial charge in [0, 0.05) is 23.1 Å². The number of hydrogen-bond acceptors (Lipinski definition) is 2. The monoisotopic (exact) mass is 396 g/mol. The molecule has 2 nitrogen and oxygen atoms in total. The second-order valence-corrected chi connectivity index (χ2v) is 8.03. The summed E-state index contributed by atoms with van der Waals surface area (Å²) in [6.07, 6.45) is 5.19. The molecular formula is C28H28O2. The fourth-order valence-corrected chi connectivity index (χ4v) is 3.62. The molecule has 0 bridgehead atoms. The van der Waals surface area contributed by atoms with E-state index in [0.29, 0.717) is 12.2 Å². The average molecular weight is 397 g/mol. The van der Waals surface area contributed by atoms with E-state index in [1.807, 2.05) is 12.1 Å². The van der Waals surface area contributed by atoms with Crippen molar-refractivity contribution in [2.24, 2.45) is 0 Å². The van der Waals surface area contributed by atoms with E-state index in [2.05, 4.69) is 68.7 Å². The lowest BCUT2D eigenvalue weighted by Gasteiger charge is -2.32. The van der Waals surface area contributed by atoms with Crippen LogP contribution in [0.1, 0.15) is 79.6 Å². The molecule has 1 aliphatic rings. The zero-order chi connectivity index (χ0) is 21.6. The fraction of sp³-hybridized carbons (Fsp3) is 0.321. The third kappa shape index (κ3) is 4.84. The molecule has 30 heavy (non-hydrogen) atoms. The molecule has 0 radical (unpaired) electrons. The van der Waals surface area contributed by atoms with Gasteiger partial charge in [-0.05, 0) is 66.6 Å². The van der Waals surface area contributed by atoms with E-state index in [-0.39, 0.29) is 11.4 Å². The van der Waals surface area contributed by atoms with Crippen molar-refractivity contribution in [2.75, 3.05) is 6.61 Å². The van der Waals surface area contributed by atoms with Crippen LogP contribution in [0.25, 0.3) is 5.57 Å². The predicted octanol–water partition coefficient (Wildman–Crippen LogP) is 6.13. The first-order valence-electron chi connectivity index (χ1n) is 10.6. The molecule has 2 aromatic rings. The van der Waals surface area contributed by atoms with Crippen molar-refractivity contribution in [1.29, 1.82) is 0 Å². The van der Waals surface area contributed by atoms with Crippen molar-refractivity contribution < 1.29 is 9.53 Å². The first kappa shape index (κ1) is 21.5. The number of fused-ring (bicyclic) bond motifs is 1. The standard InChI is InChI=1S/C28H28O2/c1-5-7-8-10-22-19-20-28(3,4)26-23(11-9-12-25(22)26)16-13-21-14-17-24(18-15-21)27(29)30-6-2/h9,11-12,14-15,17-19H,5-7,20H2,1-4H3. The fourth-order valence-electron chi connectivity index (χ4n) is 3.62.